The van der Waals surface area contributed by atoms with Crippen LogP contribution in [0.4, 0.5) is 0 Å². The molecule has 1 fully saturated rings. The van der Waals surface area contributed by atoms with Gasteiger partial charge in [0.05, 0.1) is 12.7 Å². The van der Waals surface area contributed by atoms with Gasteiger partial charge in [-0.2, -0.15) is 0 Å². The van der Waals surface area contributed by atoms with E-state index < -0.39 is 78.9 Å². The van der Waals surface area contributed by atoms with E-state index >= 15 is 0 Å². The van der Waals surface area contributed by atoms with Crippen LogP contribution < -0.4 is 23.7 Å². The lowest BCUT2D eigenvalue weighted by Crippen LogP contribution is -2.59. The monoisotopic (exact) mass is 716 g/mol. The van der Waals surface area contributed by atoms with Gasteiger partial charge in [0.15, 0.2) is 29.8 Å². The van der Waals surface area contributed by atoms with Crippen LogP contribution >= 0.6 is 0 Å². The summed E-state index contributed by atoms with van der Waals surface area (Å²) >= 11 is 0. The Morgan fingerprint density at radius 1 is 0.627 bits per heavy atom. The third-order valence-corrected chi connectivity index (χ3v) is 7.31. The quantitative estimate of drug-likeness (QED) is 0.168. The average Bonchev–Trinajstić information content (AvgIpc) is 3.00. The molecular formula is C34H36O17. The van der Waals surface area contributed by atoms with E-state index in [1.165, 1.54) is 32.2 Å². The molecule has 0 radical (unpaired) electrons. The normalized spacial score (nSPS) is 20.2. The molecule has 0 bridgehead atoms. The molecule has 0 aromatic heterocycles. The summed E-state index contributed by atoms with van der Waals surface area (Å²) in [6, 6.07) is 4.19. The number of esters is 7. The van der Waals surface area contributed by atoms with Crippen LogP contribution in [-0.4, -0.2) is 79.9 Å². The summed E-state index contributed by atoms with van der Waals surface area (Å²) in [5.74, 6) is -5.46. The summed E-state index contributed by atoms with van der Waals surface area (Å²) in [6.07, 6.45) is -7.41. The van der Waals surface area contributed by atoms with Crippen molar-refractivity contribution in [2.45, 2.75) is 85.4 Å². The van der Waals surface area contributed by atoms with Crippen molar-refractivity contribution in [1.29, 1.82) is 0 Å². The molecule has 0 saturated carbocycles. The number of carbonyl (C=O) groups is 7. The lowest BCUT2D eigenvalue weighted by Gasteiger charge is -2.45. The fourth-order valence-electron chi connectivity index (χ4n) is 5.68. The van der Waals surface area contributed by atoms with Gasteiger partial charge in [-0.3, -0.25) is 33.6 Å². The van der Waals surface area contributed by atoms with E-state index in [2.05, 4.69) is 0 Å². The number of ether oxygens (including phenoxy) is 10. The summed E-state index contributed by atoms with van der Waals surface area (Å²) in [7, 11) is 1.29. The lowest BCUT2D eigenvalue weighted by molar-refractivity contribution is -0.254. The third kappa shape index (κ3) is 9.10. The van der Waals surface area contributed by atoms with E-state index in [-0.39, 0.29) is 52.0 Å². The molecule has 5 atom stereocenters. The van der Waals surface area contributed by atoms with Crippen LogP contribution in [0.25, 0.3) is 0 Å². The highest BCUT2D eigenvalue weighted by Crippen LogP contribution is 2.53. The van der Waals surface area contributed by atoms with Gasteiger partial charge in [0.1, 0.15) is 41.8 Å². The van der Waals surface area contributed by atoms with Crippen molar-refractivity contribution in [3.8, 4) is 34.5 Å². The van der Waals surface area contributed by atoms with Gasteiger partial charge in [-0.15, -0.1) is 0 Å². The maximum atomic E-state index is 12.7. The Labute approximate surface area is 291 Å². The van der Waals surface area contributed by atoms with Crippen LogP contribution in [0.3, 0.4) is 0 Å². The van der Waals surface area contributed by atoms with Crippen molar-refractivity contribution < 1.29 is 80.9 Å². The number of methoxy groups -OCH3 is 1. The minimum absolute atomic E-state index is 0.0206. The highest BCUT2D eigenvalue weighted by atomic mass is 16.7. The Morgan fingerprint density at radius 3 is 1.69 bits per heavy atom. The number of rotatable bonds is 10. The van der Waals surface area contributed by atoms with Crippen LogP contribution in [-0.2, 0) is 63.7 Å². The van der Waals surface area contributed by atoms with Crippen molar-refractivity contribution in [2.75, 3.05) is 13.7 Å². The zero-order chi connectivity index (χ0) is 37.7. The zero-order valence-corrected chi connectivity index (χ0v) is 29.0. The van der Waals surface area contributed by atoms with E-state index in [0.717, 1.165) is 41.5 Å². The summed E-state index contributed by atoms with van der Waals surface area (Å²) < 4.78 is 56.4. The van der Waals surface area contributed by atoms with E-state index in [4.69, 9.17) is 47.4 Å². The fraction of sp³-hybridized carbons (Fsp3) is 0.441. The predicted molar refractivity (Wildman–Crippen MR) is 167 cm³/mol. The van der Waals surface area contributed by atoms with Crippen molar-refractivity contribution in [3.63, 3.8) is 0 Å². The Bertz CT molecular complexity index is 1760. The average molecular weight is 717 g/mol. The summed E-state index contributed by atoms with van der Waals surface area (Å²) in [5, 5.41) is 0. The van der Waals surface area contributed by atoms with E-state index in [1.54, 1.807) is 0 Å². The fourth-order valence-corrected chi connectivity index (χ4v) is 5.68. The topological polar surface area (TPSA) is 212 Å². The maximum Gasteiger partial charge on any atom is 0.308 e. The van der Waals surface area contributed by atoms with Gasteiger partial charge >= 0.3 is 41.8 Å². The molecule has 51 heavy (non-hydrogen) atoms. The minimum atomic E-state index is -1.57. The Balaban J connectivity index is 1.97. The zero-order valence-electron chi connectivity index (χ0n) is 29.0. The maximum absolute atomic E-state index is 12.7. The molecule has 2 aromatic carbocycles. The molecule has 2 aliphatic rings. The smallest absolute Gasteiger partial charge is 0.308 e. The van der Waals surface area contributed by atoms with Gasteiger partial charge in [0.2, 0.25) is 0 Å². The molecule has 0 unspecified atom stereocenters. The molecule has 0 aliphatic carbocycles. The van der Waals surface area contributed by atoms with Crippen LogP contribution in [0, 0.1) is 0 Å². The van der Waals surface area contributed by atoms with Gasteiger partial charge in [-0.1, -0.05) is 0 Å². The van der Waals surface area contributed by atoms with Crippen LogP contribution in [0.2, 0.25) is 0 Å². The molecule has 0 N–H and O–H groups in total. The second kappa shape index (κ2) is 15.9. The van der Waals surface area contributed by atoms with Crippen LogP contribution in [0.15, 0.2) is 18.2 Å². The largest absolute Gasteiger partial charge is 0.496 e. The van der Waals surface area contributed by atoms with Crippen molar-refractivity contribution in [3.05, 3.63) is 34.9 Å². The van der Waals surface area contributed by atoms with E-state index in [1.807, 2.05) is 0 Å². The number of carbonyl (C=O) groups excluding carboxylic acids is 7. The Kier molecular flexibility index (Phi) is 11.9. The molecule has 1 saturated heterocycles. The van der Waals surface area contributed by atoms with E-state index in [9.17, 15) is 33.6 Å². The second-order valence-electron chi connectivity index (χ2n) is 11.4. The summed E-state index contributed by atoms with van der Waals surface area (Å²) in [4.78, 5) is 85.4. The number of hydrogen-bond acceptors (Lipinski definition) is 17. The van der Waals surface area contributed by atoms with Gasteiger partial charge in [0.25, 0.3) is 0 Å². The van der Waals surface area contributed by atoms with Crippen molar-refractivity contribution >= 4 is 41.8 Å². The first-order valence-corrected chi connectivity index (χ1v) is 15.4. The highest BCUT2D eigenvalue weighted by Gasteiger charge is 2.54. The number of fused-ring (bicyclic) bond motifs is 2. The Morgan fingerprint density at radius 2 is 1.16 bits per heavy atom. The molecule has 2 aliphatic heterocycles. The Hall–Kier alpha value is -5.71. The number of benzene rings is 2. The lowest BCUT2D eigenvalue weighted by atomic mass is 9.87. The molecule has 0 spiro atoms. The summed E-state index contributed by atoms with van der Waals surface area (Å²) in [6.45, 7) is 7.34. The molecule has 4 rings (SSSR count). The second-order valence-corrected chi connectivity index (χ2v) is 11.4. The predicted octanol–water partition coefficient (Wildman–Crippen LogP) is 2.97. The van der Waals surface area contributed by atoms with Gasteiger partial charge in [0, 0.05) is 78.1 Å². The van der Waals surface area contributed by atoms with Crippen molar-refractivity contribution in [1.82, 2.24) is 0 Å². The van der Waals surface area contributed by atoms with E-state index in [0.29, 0.717) is 5.56 Å². The van der Waals surface area contributed by atoms with Gasteiger partial charge < -0.3 is 47.4 Å². The van der Waals surface area contributed by atoms with Gasteiger partial charge in [-0.25, -0.2) is 0 Å². The first kappa shape index (κ1) is 38.1. The van der Waals surface area contributed by atoms with Gasteiger partial charge in [-0.05, 0) is 6.07 Å². The van der Waals surface area contributed by atoms with Crippen LogP contribution in [0.1, 0.15) is 71.3 Å². The standard InChI is InChI=1S/C34H36O17/c1-14(35)43-13-28-31(47-18(5)39)33(48-19(6)40)34(49-20(7)41)32(51-28)29-27(42-8)12-24-22(30(29)46-17(4)38)9-21-10-25(44-15(2)36)26(45-16(3)37)11-23(21)50-24/h10-12,28,31-34H,9,13H2,1-8H3/t28-,31-,32+,33+,34+/m1/s1. The summed E-state index contributed by atoms with van der Waals surface area (Å²) in [5.41, 5.74) is 0.629. The first-order chi connectivity index (χ1) is 24.0. The molecule has 0 amide bonds. The first-order valence-electron chi connectivity index (χ1n) is 15.4. The molecule has 2 heterocycles. The minimum Gasteiger partial charge on any atom is -0.496 e. The molecule has 274 valence electrons. The SMILES string of the molecule is COc1cc2c(c(OC(C)=O)c1[C@@H]1O[C@H](COC(C)=O)[C@@H](OC(C)=O)[C@H](OC(C)=O)[C@H]1OC(C)=O)Cc1cc(OC(C)=O)c(OC(C)=O)cc1O2. The number of hydrogen-bond donors (Lipinski definition) is 0. The third-order valence-electron chi connectivity index (χ3n) is 7.31. The highest BCUT2D eigenvalue weighted by molar-refractivity contribution is 5.77. The van der Waals surface area contributed by atoms with Crippen molar-refractivity contribution in [2.24, 2.45) is 0 Å². The molecular weight excluding hydrogens is 680 g/mol. The molecule has 2 aromatic rings. The molecule has 17 nitrogen and oxygen atoms in total. The molecule has 17 heteroatoms. The van der Waals surface area contributed by atoms with Crippen LogP contribution in [0.5, 0.6) is 34.5 Å².